The summed E-state index contributed by atoms with van der Waals surface area (Å²) in [5.74, 6) is 1.13. The van der Waals surface area contributed by atoms with E-state index in [9.17, 15) is 5.11 Å². The monoisotopic (exact) mass is 550 g/mol. The van der Waals surface area contributed by atoms with Crippen LogP contribution in [0.15, 0.2) is 23.8 Å². The second-order valence-electron chi connectivity index (χ2n) is 12.9. The second kappa shape index (κ2) is 14.9. The fourth-order valence-electron chi connectivity index (χ4n) is 6.43. The zero-order valence-electron chi connectivity index (χ0n) is 24.4. The lowest BCUT2D eigenvalue weighted by molar-refractivity contribution is -0.192. The van der Waals surface area contributed by atoms with Gasteiger partial charge in [-0.3, -0.25) is 0 Å². The van der Waals surface area contributed by atoms with Crippen LogP contribution in [0.1, 0.15) is 84.0 Å². The van der Waals surface area contributed by atoms with Gasteiger partial charge in [-0.25, -0.2) is 0 Å². The van der Waals surface area contributed by atoms with Crippen LogP contribution in [-0.4, -0.2) is 64.1 Å². The van der Waals surface area contributed by atoms with Crippen LogP contribution < -0.4 is 0 Å². The molecule has 3 fully saturated rings. The Hall–Kier alpha value is -0.543. The largest absolute Gasteiger partial charge is 0.415 e. The first-order chi connectivity index (χ1) is 18.3. The van der Waals surface area contributed by atoms with Crippen LogP contribution in [0.5, 0.6) is 0 Å². The fraction of sp³-hybridized carbons (Fsp3) is 0.871. The van der Waals surface area contributed by atoms with Crippen molar-refractivity contribution in [2.45, 2.75) is 135 Å². The molecule has 0 amide bonds. The quantitative estimate of drug-likeness (QED) is 0.147. The van der Waals surface area contributed by atoms with Crippen LogP contribution >= 0.6 is 0 Å². The predicted octanol–water partition coefficient (Wildman–Crippen LogP) is 6.74. The number of unbranched alkanes of at least 4 members (excludes halogenated alkanes) is 2. The number of allylic oxidation sites excluding steroid dienone is 1. The molecule has 1 saturated carbocycles. The predicted molar refractivity (Wildman–Crippen MR) is 153 cm³/mol. The summed E-state index contributed by atoms with van der Waals surface area (Å²) in [7, 11) is -1.66. The summed E-state index contributed by atoms with van der Waals surface area (Å²) >= 11 is 0. The Bertz CT molecular complexity index is 752. The maximum atomic E-state index is 10.9. The van der Waals surface area contributed by atoms with Crippen molar-refractivity contribution < 1.29 is 28.5 Å². The van der Waals surface area contributed by atoms with E-state index >= 15 is 0 Å². The van der Waals surface area contributed by atoms with Crippen molar-refractivity contribution in [2.75, 3.05) is 19.8 Å². The Morgan fingerprint density at radius 1 is 1.05 bits per heavy atom. The van der Waals surface area contributed by atoms with Crippen molar-refractivity contribution in [1.29, 1.82) is 0 Å². The average molecular weight is 551 g/mol. The van der Waals surface area contributed by atoms with Crippen molar-refractivity contribution in [1.82, 2.24) is 0 Å². The van der Waals surface area contributed by atoms with Gasteiger partial charge >= 0.3 is 0 Å². The van der Waals surface area contributed by atoms with Gasteiger partial charge < -0.3 is 28.5 Å². The molecule has 2 aliphatic carbocycles. The molecule has 0 aromatic rings. The zero-order valence-corrected chi connectivity index (χ0v) is 25.4. The van der Waals surface area contributed by atoms with E-state index in [1.54, 1.807) is 0 Å². The minimum atomic E-state index is -1.66. The molecule has 2 aliphatic heterocycles. The van der Waals surface area contributed by atoms with Crippen molar-refractivity contribution in [3.63, 3.8) is 0 Å². The first kappa shape index (κ1) is 30.4. The van der Waals surface area contributed by atoms with Gasteiger partial charge in [-0.05, 0) is 94.8 Å². The highest BCUT2D eigenvalue weighted by molar-refractivity contribution is 6.69. The van der Waals surface area contributed by atoms with Crippen LogP contribution in [0.2, 0.25) is 19.6 Å². The molecule has 4 aliphatic rings. The molecule has 6 nitrogen and oxygen atoms in total. The van der Waals surface area contributed by atoms with Crippen LogP contribution in [0, 0.1) is 17.8 Å². The van der Waals surface area contributed by atoms with E-state index in [1.165, 1.54) is 25.7 Å². The van der Waals surface area contributed by atoms with E-state index in [2.05, 4.69) is 44.8 Å². The molecule has 2 heterocycles. The molecule has 8 atom stereocenters. The van der Waals surface area contributed by atoms with E-state index < -0.39 is 14.4 Å². The summed E-state index contributed by atoms with van der Waals surface area (Å²) in [6.45, 7) is 10.8. The van der Waals surface area contributed by atoms with Gasteiger partial charge in [-0.2, -0.15) is 0 Å². The SMILES string of the molecule is CCCCC[C@@H](/C=C/[C@@H]1[C@H]2C=C(C(O)CO[Si](C)(C)C)C[C@H]2C[C@H]1OC1CCCCO1)OC1CCCCO1. The maximum Gasteiger partial charge on any atom is 0.183 e. The molecule has 0 radical (unpaired) electrons. The fourth-order valence-corrected chi connectivity index (χ4v) is 7.08. The van der Waals surface area contributed by atoms with Gasteiger partial charge in [0, 0.05) is 19.1 Å². The molecular weight excluding hydrogens is 496 g/mol. The summed E-state index contributed by atoms with van der Waals surface area (Å²) < 4.78 is 31.0. The average Bonchev–Trinajstić information content (AvgIpc) is 3.45. The highest BCUT2D eigenvalue weighted by Gasteiger charge is 2.46. The smallest absolute Gasteiger partial charge is 0.183 e. The van der Waals surface area contributed by atoms with Crippen molar-refractivity contribution in [3.8, 4) is 0 Å². The number of aliphatic hydroxyl groups is 1. The van der Waals surface area contributed by atoms with Gasteiger partial charge in [0.25, 0.3) is 0 Å². The summed E-state index contributed by atoms with van der Waals surface area (Å²) in [6, 6.07) is 0. The van der Waals surface area contributed by atoms with E-state index in [-0.39, 0.29) is 30.7 Å². The molecule has 7 heteroatoms. The van der Waals surface area contributed by atoms with Crippen LogP contribution in [0.4, 0.5) is 0 Å². The Kier molecular flexibility index (Phi) is 11.9. The number of aliphatic hydroxyl groups excluding tert-OH is 1. The summed E-state index contributed by atoms with van der Waals surface area (Å²) in [5, 5.41) is 10.9. The normalized spacial score (nSPS) is 33.9. The summed E-state index contributed by atoms with van der Waals surface area (Å²) in [4.78, 5) is 0. The van der Waals surface area contributed by atoms with E-state index in [0.717, 1.165) is 70.2 Å². The van der Waals surface area contributed by atoms with Gasteiger partial charge in [0.15, 0.2) is 20.9 Å². The number of ether oxygens (including phenoxy) is 4. The molecule has 0 aromatic carbocycles. The molecule has 0 aromatic heterocycles. The Morgan fingerprint density at radius 3 is 2.45 bits per heavy atom. The standard InChI is InChI=1S/C31H54O6Si/c1-5-6-7-12-25(36-30-13-8-10-17-33-30)15-16-26-27-20-24(28(32)22-35-38(2,3)4)19-23(27)21-29(26)37-31-14-9-11-18-34-31/h15-16,20,23,25-32H,5-14,17-19,21-22H2,1-4H3/b16-15+/t23-,25-,26+,27-,28?,29+,30?,31?/m0/s1. The molecule has 218 valence electrons. The number of rotatable bonds is 14. The second-order valence-corrected chi connectivity index (χ2v) is 17.4. The summed E-state index contributed by atoms with van der Waals surface area (Å²) in [6.07, 6.45) is 19.7. The molecule has 38 heavy (non-hydrogen) atoms. The van der Waals surface area contributed by atoms with E-state index in [1.807, 2.05) is 0 Å². The van der Waals surface area contributed by atoms with Gasteiger partial charge in [-0.1, -0.05) is 44.4 Å². The van der Waals surface area contributed by atoms with Gasteiger partial charge in [0.2, 0.25) is 0 Å². The summed E-state index contributed by atoms with van der Waals surface area (Å²) in [5.41, 5.74) is 1.15. The van der Waals surface area contributed by atoms with Gasteiger partial charge in [-0.15, -0.1) is 0 Å². The molecule has 2 saturated heterocycles. The third-order valence-corrected chi connectivity index (χ3v) is 9.56. The van der Waals surface area contributed by atoms with Crippen molar-refractivity contribution in [2.24, 2.45) is 17.8 Å². The first-order valence-electron chi connectivity index (χ1n) is 15.6. The van der Waals surface area contributed by atoms with Gasteiger partial charge in [0.1, 0.15) is 0 Å². The Balaban J connectivity index is 1.46. The highest BCUT2D eigenvalue weighted by atomic mass is 28.4. The van der Waals surface area contributed by atoms with Crippen LogP contribution in [-0.2, 0) is 23.4 Å². The lowest BCUT2D eigenvalue weighted by Gasteiger charge is -2.30. The molecule has 0 spiro atoms. The van der Waals surface area contributed by atoms with E-state index in [4.69, 9.17) is 23.4 Å². The molecule has 1 N–H and O–H groups in total. The first-order valence-corrected chi connectivity index (χ1v) is 19.0. The highest BCUT2D eigenvalue weighted by Crippen LogP contribution is 2.49. The molecular formula is C31H54O6Si. The topological polar surface area (TPSA) is 66.4 Å². The van der Waals surface area contributed by atoms with E-state index in [0.29, 0.717) is 18.4 Å². The third kappa shape index (κ3) is 9.25. The van der Waals surface area contributed by atoms with Crippen LogP contribution in [0.25, 0.3) is 0 Å². The lowest BCUT2D eigenvalue weighted by Crippen LogP contribution is -2.32. The zero-order chi connectivity index (χ0) is 27.0. The maximum absolute atomic E-state index is 10.9. The minimum absolute atomic E-state index is 0.0656. The number of hydrogen-bond donors (Lipinski definition) is 1. The third-order valence-electron chi connectivity index (χ3n) is 8.53. The van der Waals surface area contributed by atoms with Gasteiger partial charge in [0.05, 0.1) is 24.9 Å². The Morgan fingerprint density at radius 2 is 1.79 bits per heavy atom. The Labute approximate surface area is 232 Å². The minimum Gasteiger partial charge on any atom is -0.415 e. The van der Waals surface area contributed by atoms with Crippen LogP contribution in [0.3, 0.4) is 0 Å². The molecule has 0 bridgehead atoms. The number of hydrogen-bond acceptors (Lipinski definition) is 6. The number of fused-ring (bicyclic) bond motifs is 1. The molecule has 3 unspecified atom stereocenters. The lowest BCUT2D eigenvalue weighted by atomic mass is 9.91. The molecule has 4 rings (SSSR count). The van der Waals surface area contributed by atoms with Crippen molar-refractivity contribution >= 4 is 8.32 Å². The van der Waals surface area contributed by atoms with Crippen molar-refractivity contribution in [3.05, 3.63) is 23.8 Å².